The van der Waals surface area contributed by atoms with Gasteiger partial charge in [-0.3, -0.25) is 0 Å². The minimum absolute atomic E-state index is 0.447. The van der Waals surface area contributed by atoms with Gasteiger partial charge in [0.05, 0.1) is 6.10 Å². The van der Waals surface area contributed by atoms with Gasteiger partial charge in [-0.25, -0.2) is 0 Å². The summed E-state index contributed by atoms with van der Waals surface area (Å²) < 4.78 is 13.7. The van der Waals surface area contributed by atoms with Crippen molar-refractivity contribution in [1.29, 1.82) is 0 Å². The molecule has 2 nitrogen and oxygen atoms in total. The number of rotatable bonds is 3. The van der Waals surface area contributed by atoms with E-state index >= 15 is 0 Å². The van der Waals surface area contributed by atoms with E-state index < -0.39 is 0 Å². The van der Waals surface area contributed by atoms with Crippen LogP contribution >= 0.6 is 0 Å². The van der Waals surface area contributed by atoms with E-state index in [9.17, 15) is 0 Å². The fourth-order valence-electron chi connectivity index (χ4n) is 3.95. The number of hydrogen-bond acceptors (Lipinski definition) is 1. The Balaban J connectivity index is 0.000000730. The van der Waals surface area contributed by atoms with Crippen molar-refractivity contribution >= 4 is 0 Å². The van der Waals surface area contributed by atoms with Crippen LogP contribution in [0.25, 0.3) is 0 Å². The molecule has 0 atom stereocenters. The molecule has 2 fully saturated rings. The minimum atomic E-state index is 0.447. The third kappa shape index (κ3) is 7.26. The summed E-state index contributed by atoms with van der Waals surface area (Å²) in [6, 6.07) is 9.01. The Hall–Kier alpha value is -1.24. The average molecular weight is 345 g/mol. The molecule has 1 aromatic carbocycles. The summed E-state index contributed by atoms with van der Waals surface area (Å²) in [6.07, 6.45) is 11.1. The summed E-state index contributed by atoms with van der Waals surface area (Å²) >= 11 is 0. The van der Waals surface area contributed by atoms with E-state index in [2.05, 4.69) is 44.8 Å². The molecule has 0 spiro atoms. The van der Waals surface area contributed by atoms with Crippen LogP contribution in [0, 0.1) is 18.5 Å². The second kappa shape index (κ2) is 12.2. The van der Waals surface area contributed by atoms with Crippen LogP contribution in [0.4, 0.5) is 0 Å². The molecule has 0 amide bonds. The molecule has 0 N–H and O–H groups in total. The van der Waals surface area contributed by atoms with Crippen molar-refractivity contribution in [2.24, 2.45) is 11.8 Å². The molecule has 2 saturated carbocycles. The standard InChI is InChI=1S/C20H30O.C2H6.CO/c1-15-3-7-17(8-4-15)18-9-13-20(14-10-18)21-19-11-5-16(2)6-12-19;2*1-2/h9-10,13-17,19H,3-8,11-12H2,1-2H3;1-2H3;. The van der Waals surface area contributed by atoms with Crippen LogP contribution in [-0.2, 0) is 4.65 Å². The molecule has 0 saturated heterocycles. The molecule has 0 unspecified atom stereocenters. The van der Waals surface area contributed by atoms with Gasteiger partial charge in [-0.2, -0.15) is 0 Å². The van der Waals surface area contributed by atoms with Crippen LogP contribution in [0.3, 0.4) is 0 Å². The second-order valence-electron chi connectivity index (χ2n) is 7.53. The van der Waals surface area contributed by atoms with Gasteiger partial charge in [0.15, 0.2) is 0 Å². The Morgan fingerprint density at radius 2 is 1.20 bits per heavy atom. The first-order valence-electron chi connectivity index (χ1n) is 10.2. The van der Waals surface area contributed by atoms with Crippen molar-refractivity contribution in [2.75, 3.05) is 0 Å². The topological polar surface area (TPSA) is 29.1 Å². The van der Waals surface area contributed by atoms with Gasteiger partial charge in [-0.15, -0.1) is 0 Å². The summed E-state index contributed by atoms with van der Waals surface area (Å²) in [5.74, 6) is 3.67. The summed E-state index contributed by atoms with van der Waals surface area (Å²) in [6.45, 7) is 13.2. The molecule has 140 valence electrons. The Kier molecular flexibility index (Phi) is 10.6. The average Bonchev–Trinajstić information content (AvgIpc) is 2.68. The summed E-state index contributed by atoms with van der Waals surface area (Å²) in [5, 5.41) is 0. The van der Waals surface area contributed by atoms with E-state index in [-0.39, 0.29) is 0 Å². The Morgan fingerprint density at radius 3 is 1.68 bits per heavy atom. The molecular weight excluding hydrogens is 308 g/mol. The Morgan fingerprint density at radius 1 is 0.760 bits per heavy atom. The molecule has 2 aliphatic carbocycles. The number of hydrogen-bond donors (Lipinski definition) is 0. The van der Waals surface area contributed by atoms with Crippen molar-refractivity contribution in [3.63, 3.8) is 0 Å². The molecular formula is C23H36O2. The van der Waals surface area contributed by atoms with Crippen molar-refractivity contribution in [3.8, 4) is 5.75 Å². The monoisotopic (exact) mass is 344 g/mol. The number of ether oxygens (including phenoxy) is 1. The molecule has 3 rings (SSSR count). The maximum atomic E-state index is 7.50. The summed E-state index contributed by atoms with van der Waals surface area (Å²) in [7, 11) is 0. The molecule has 2 heteroatoms. The first kappa shape index (κ1) is 21.8. The van der Waals surface area contributed by atoms with E-state index in [1.807, 2.05) is 13.8 Å². The fourth-order valence-corrected chi connectivity index (χ4v) is 3.95. The van der Waals surface area contributed by atoms with Gasteiger partial charge in [0.1, 0.15) is 5.75 Å². The first-order valence-corrected chi connectivity index (χ1v) is 10.2. The van der Waals surface area contributed by atoms with Crippen LogP contribution in [0.1, 0.15) is 90.5 Å². The number of benzene rings is 1. The zero-order valence-electron chi connectivity index (χ0n) is 16.6. The molecule has 0 bridgehead atoms. The molecule has 0 heterocycles. The quantitative estimate of drug-likeness (QED) is 0.432. The zero-order chi connectivity index (χ0) is 18.7. The van der Waals surface area contributed by atoms with E-state index in [1.165, 1.54) is 56.9 Å². The third-order valence-electron chi connectivity index (χ3n) is 5.63. The van der Waals surface area contributed by atoms with Gasteiger partial charge in [0, 0.05) is 0 Å². The van der Waals surface area contributed by atoms with Crippen molar-refractivity contribution < 1.29 is 9.39 Å². The molecule has 25 heavy (non-hydrogen) atoms. The van der Waals surface area contributed by atoms with Crippen LogP contribution in [0.15, 0.2) is 24.3 Å². The SMILES string of the molecule is CC.CC1CCC(Oc2ccc(C3CCC(C)CC3)cc2)CC1.[C-]#[O+]. The van der Waals surface area contributed by atoms with Crippen LogP contribution < -0.4 is 4.74 Å². The van der Waals surface area contributed by atoms with Gasteiger partial charge in [0.25, 0.3) is 0 Å². The van der Waals surface area contributed by atoms with Crippen molar-refractivity contribution in [1.82, 2.24) is 0 Å². The predicted octanol–water partition coefficient (Wildman–Crippen LogP) is 6.93. The van der Waals surface area contributed by atoms with Crippen LogP contribution in [0.5, 0.6) is 5.75 Å². The van der Waals surface area contributed by atoms with E-state index in [1.54, 1.807) is 0 Å². The van der Waals surface area contributed by atoms with Crippen molar-refractivity contribution in [3.05, 3.63) is 36.5 Å². The molecule has 2 aliphatic rings. The first-order chi connectivity index (χ1) is 12.2. The third-order valence-corrected chi connectivity index (χ3v) is 5.63. The van der Waals surface area contributed by atoms with Gasteiger partial charge >= 0.3 is 11.3 Å². The second-order valence-corrected chi connectivity index (χ2v) is 7.53. The van der Waals surface area contributed by atoms with Gasteiger partial charge in [0.2, 0.25) is 0 Å². The van der Waals surface area contributed by atoms with Gasteiger partial charge < -0.3 is 4.74 Å². The molecule has 0 aromatic heterocycles. The van der Waals surface area contributed by atoms with E-state index in [4.69, 9.17) is 9.39 Å². The maximum absolute atomic E-state index is 7.50. The zero-order valence-corrected chi connectivity index (χ0v) is 16.6. The Labute approximate surface area is 155 Å². The van der Waals surface area contributed by atoms with Gasteiger partial charge in [-0.1, -0.05) is 52.7 Å². The Bertz CT molecular complexity index is 461. The summed E-state index contributed by atoms with van der Waals surface area (Å²) in [4.78, 5) is 0. The van der Waals surface area contributed by atoms with E-state index in [0.29, 0.717) is 6.10 Å². The fraction of sp³-hybridized carbons (Fsp3) is 0.696. The molecule has 1 aromatic rings. The van der Waals surface area contributed by atoms with Gasteiger partial charge in [-0.05, 0) is 74.0 Å². The van der Waals surface area contributed by atoms with Crippen molar-refractivity contribution in [2.45, 2.75) is 91.1 Å². The summed E-state index contributed by atoms with van der Waals surface area (Å²) in [5.41, 5.74) is 1.52. The van der Waals surface area contributed by atoms with Crippen LogP contribution in [-0.4, -0.2) is 6.10 Å². The predicted molar refractivity (Wildman–Crippen MR) is 104 cm³/mol. The molecule has 0 radical (unpaired) electrons. The van der Waals surface area contributed by atoms with Crippen LogP contribution in [0.2, 0.25) is 0 Å². The molecule has 0 aliphatic heterocycles. The van der Waals surface area contributed by atoms with E-state index in [0.717, 1.165) is 23.5 Å². The normalized spacial score (nSPS) is 28.6.